The maximum atomic E-state index is 13.6. The molecule has 5 rings (SSSR count). The second-order valence-electron chi connectivity index (χ2n) is 7.94. The minimum absolute atomic E-state index is 0.0924. The summed E-state index contributed by atoms with van der Waals surface area (Å²) < 4.78 is 7.17. The molecule has 7 nitrogen and oxygen atoms in total. The fourth-order valence-corrected chi connectivity index (χ4v) is 4.91. The van der Waals surface area contributed by atoms with Crippen molar-refractivity contribution in [2.45, 2.75) is 31.0 Å². The zero-order valence-electron chi connectivity index (χ0n) is 17.8. The third-order valence-corrected chi connectivity index (χ3v) is 6.67. The third kappa shape index (κ3) is 3.91. The number of hydrogen-bond acceptors (Lipinski definition) is 5. The molecule has 3 heterocycles. The van der Waals surface area contributed by atoms with E-state index in [2.05, 4.69) is 10.3 Å². The molecule has 8 heteroatoms. The number of para-hydroxylation sites is 2. The van der Waals surface area contributed by atoms with Crippen LogP contribution >= 0.6 is 11.8 Å². The monoisotopic (exact) mass is 448 g/mol. The number of carbonyl (C=O) groups is 1. The highest BCUT2D eigenvalue weighted by Gasteiger charge is 2.20. The van der Waals surface area contributed by atoms with Crippen molar-refractivity contribution in [1.29, 1.82) is 0 Å². The number of fused-ring (bicyclic) bond motifs is 3. The van der Waals surface area contributed by atoms with Gasteiger partial charge in [-0.3, -0.25) is 14.2 Å². The quantitative estimate of drug-likeness (QED) is 0.348. The average molecular weight is 449 g/mol. The van der Waals surface area contributed by atoms with Crippen molar-refractivity contribution in [3.63, 3.8) is 0 Å². The number of aromatic amines is 1. The summed E-state index contributed by atoms with van der Waals surface area (Å²) in [5, 5.41) is 4.32. The van der Waals surface area contributed by atoms with Crippen LogP contribution in [0.2, 0.25) is 0 Å². The molecule has 1 atom stereocenters. The van der Waals surface area contributed by atoms with Crippen molar-refractivity contribution < 1.29 is 9.53 Å². The summed E-state index contributed by atoms with van der Waals surface area (Å²) >= 11 is 1.27. The van der Waals surface area contributed by atoms with Crippen LogP contribution in [0.4, 0.5) is 0 Å². The highest BCUT2D eigenvalue weighted by atomic mass is 32.2. The van der Waals surface area contributed by atoms with Gasteiger partial charge in [-0.25, -0.2) is 4.98 Å². The Morgan fingerprint density at radius 1 is 1.25 bits per heavy atom. The Balaban J connectivity index is 1.52. The maximum absolute atomic E-state index is 13.6. The molecule has 2 N–H and O–H groups in total. The summed E-state index contributed by atoms with van der Waals surface area (Å²) in [5.41, 5.74) is 3.48. The first-order valence-corrected chi connectivity index (χ1v) is 11.7. The van der Waals surface area contributed by atoms with Gasteiger partial charge in [-0.15, -0.1) is 0 Å². The summed E-state index contributed by atoms with van der Waals surface area (Å²) in [4.78, 5) is 34.1. The molecule has 0 bridgehead atoms. The number of carbonyl (C=O) groups excluding carboxylic acids is 1. The van der Waals surface area contributed by atoms with E-state index >= 15 is 0 Å². The van der Waals surface area contributed by atoms with Gasteiger partial charge in [-0.2, -0.15) is 0 Å². The Morgan fingerprint density at radius 2 is 2.06 bits per heavy atom. The fourth-order valence-electron chi connectivity index (χ4n) is 4.08. The minimum atomic E-state index is -0.178. The molecule has 32 heavy (non-hydrogen) atoms. The number of amides is 1. The molecule has 164 valence electrons. The first-order chi connectivity index (χ1) is 15.6. The van der Waals surface area contributed by atoms with Gasteiger partial charge in [0, 0.05) is 24.1 Å². The number of nitrogens with zero attached hydrogens (tertiary/aromatic N) is 2. The van der Waals surface area contributed by atoms with E-state index in [0.717, 1.165) is 41.6 Å². The van der Waals surface area contributed by atoms with Gasteiger partial charge in [0.05, 0.1) is 17.5 Å². The van der Waals surface area contributed by atoms with Crippen molar-refractivity contribution in [3.8, 4) is 5.69 Å². The van der Waals surface area contributed by atoms with Crippen LogP contribution in [0.25, 0.3) is 27.6 Å². The van der Waals surface area contributed by atoms with Gasteiger partial charge in [0.1, 0.15) is 11.0 Å². The average Bonchev–Trinajstić information content (AvgIpc) is 3.45. The molecule has 1 unspecified atom stereocenters. The standard InChI is InChI=1S/C24H24N4O3S/c1-15-7-2-5-11-19(15)28-23(30)22-21(17-9-3-4-10-18(17)26-22)27-24(28)32-14-20(29)25-13-16-8-6-12-31-16/h2-5,7,9-11,16,26H,6,8,12-14H2,1H3,(H,25,29). The van der Waals surface area contributed by atoms with Gasteiger partial charge in [0.15, 0.2) is 5.16 Å². The van der Waals surface area contributed by atoms with Gasteiger partial charge >= 0.3 is 0 Å². The van der Waals surface area contributed by atoms with Crippen LogP contribution in [0.5, 0.6) is 0 Å². The molecule has 0 spiro atoms. The second-order valence-corrected chi connectivity index (χ2v) is 8.89. The van der Waals surface area contributed by atoms with E-state index in [4.69, 9.17) is 9.72 Å². The number of aromatic nitrogens is 3. The normalized spacial score (nSPS) is 16.1. The molecule has 1 aliphatic rings. The van der Waals surface area contributed by atoms with Crippen molar-refractivity contribution >= 4 is 39.6 Å². The Kier molecular flexibility index (Phi) is 5.71. The SMILES string of the molecule is Cc1ccccc1-n1c(SCC(=O)NCC2CCCO2)nc2c([nH]c3ccccc32)c1=O. The van der Waals surface area contributed by atoms with Crippen LogP contribution in [0.15, 0.2) is 58.5 Å². The van der Waals surface area contributed by atoms with Crippen molar-refractivity contribution in [2.24, 2.45) is 0 Å². The molecule has 1 saturated heterocycles. The molecule has 2 aromatic heterocycles. The number of rotatable bonds is 6. The summed E-state index contributed by atoms with van der Waals surface area (Å²) in [5.74, 6) is 0.0638. The molecule has 0 radical (unpaired) electrons. The molecule has 0 saturated carbocycles. The van der Waals surface area contributed by atoms with Gasteiger partial charge in [-0.1, -0.05) is 48.2 Å². The highest BCUT2D eigenvalue weighted by molar-refractivity contribution is 7.99. The van der Waals surface area contributed by atoms with E-state index in [1.54, 1.807) is 4.57 Å². The predicted octanol–water partition coefficient (Wildman–Crippen LogP) is 3.56. The Labute approximate surface area is 189 Å². The summed E-state index contributed by atoms with van der Waals surface area (Å²) in [6.45, 7) is 3.23. The van der Waals surface area contributed by atoms with Crippen LogP contribution < -0.4 is 10.9 Å². The molecule has 2 aromatic carbocycles. The van der Waals surface area contributed by atoms with Gasteiger partial charge in [0.25, 0.3) is 5.56 Å². The molecular formula is C24H24N4O3S. The van der Waals surface area contributed by atoms with E-state index < -0.39 is 0 Å². The predicted molar refractivity (Wildman–Crippen MR) is 127 cm³/mol. The zero-order chi connectivity index (χ0) is 22.1. The van der Waals surface area contributed by atoms with Crippen LogP contribution in [0.3, 0.4) is 0 Å². The van der Waals surface area contributed by atoms with Gasteiger partial charge < -0.3 is 15.0 Å². The maximum Gasteiger partial charge on any atom is 0.283 e. The summed E-state index contributed by atoms with van der Waals surface area (Å²) in [6.07, 6.45) is 2.10. The lowest BCUT2D eigenvalue weighted by Crippen LogP contribution is -2.33. The fraction of sp³-hybridized carbons (Fsp3) is 0.292. The van der Waals surface area contributed by atoms with Crippen molar-refractivity contribution in [2.75, 3.05) is 18.9 Å². The molecule has 4 aromatic rings. The number of ether oxygens (including phenoxy) is 1. The summed E-state index contributed by atoms with van der Waals surface area (Å²) in [7, 11) is 0. The molecule has 1 amide bonds. The third-order valence-electron chi connectivity index (χ3n) is 5.73. The second kappa shape index (κ2) is 8.80. The zero-order valence-corrected chi connectivity index (χ0v) is 18.6. The van der Waals surface area contributed by atoms with E-state index in [1.165, 1.54) is 11.8 Å². The van der Waals surface area contributed by atoms with E-state index in [0.29, 0.717) is 22.7 Å². The molecule has 1 aliphatic heterocycles. The van der Waals surface area contributed by atoms with Crippen LogP contribution in [-0.2, 0) is 9.53 Å². The minimum Gasteiger partial charge on any atom is -0.376 e. The van der Waals surface area contributed by atoms with Gasteiger partial charge in [-0.05, 0) is 37.5 Å². The Morgan fingerprint density at radius 3 is 2.88 bits per heavy atom. The van der Waals surface area contributed by atoms with Crippen LogP contribution in [-0.4, -0.2) is 45.5 Å². The van der Waals surface area contributed by atoms with Crippen molar-refractivity contribution in [3.05, 3.63) is 64.4 Å². The van der Waals surface area contributed by atoms with Crippen LogP contribution in [0, 0.1) is 6.92 Å². The number of hydrogen-bond donors (Lipinski definition) is 2. The number of H-pyrrole nitrogens is 1. The molecular weight excluding hydrogens is 424 g/mol. The lowest BCUT2D eigenvalue weighted by molar-refractivity contribution is -0.119. The van der Waals surface area contributed by atoms with Gasteiger partial charge in [0.2, 0.25) is 5.91 Å². The van der Waals surface area contributed by atoms with E-state index in [-0.39, 0.29) is 23.3 Å². The largest absolute Gasteiger partial charge is 0.376 e. The highest BCUT2D eigenvalue weighted by Crippen LogP contribution is 2.27. The van der Waals surface area contributed by atoms with Crippen LogP contribution in [0.1, 0.15) is 18.4 Å². The van der Waals surface area contributed by atoms with Crippen molar-refractivity contribution in [1.82, 2.24) is 19.9 Å². The van der Waals surface area contributed by atoms with E-state index in [9.17, 15) is 9.59 Å². The molecule has 1 fully saturated rings. The lowest BCUT2D eigenvalue weighted by atomic mass is 10.2. The topological polar surface area (TPSA) is 89.0 Å². The summed E-state index contributed by atoms with van der Waals surface area (Å²) in [6, 6.07) is 15.4. The lowest BCUT2D eigenvalue weighted by Gasteiger charge is -2.14. The number of nitrogens with one attached hydrogen (secondary N) is 2. The number of thioether (sulfide) groups is 1. The first kappa shape index (κ1) is 20.8. The number of aryl methyl sites for hydroxylation is 1. The Hall–Kier alpha value is -3.10. The smallest absolute Gasteiger partial charge is 0.283 e. The van der Waals surface area contributed by atoms with E-state index in [1.807, 2.05) is 55.5 Å². The molecule has 0 aliphatic carbocycles. The number of benzene rings is 2. The Bertz CT molecular complexity index is 1350. The first-order valence-electron chi connectivity index (χ1n) is 10.7.